The first-order valence-electron chi connectivity index (χ1n) is 6.94. The van der Waals surface area contributed by atoms with E-state index in [1.54, 1.807) is 24.5 Å². The third kappa shape index (κ3) is 2.54. The molecule has 3 heterocycles. The molecule has 0 spiro atoms. The predicted molar refractivity (Wildman–Crippen MR) is 90.0 cm³/mol. The Bertz CT molecular complexity index is 979. The Morgan fingerprint density at radius 3 is 2.54 bits per heavy atom. The van der Waals surface area contributed by atoms with E-state index in [1.807, 2.05) is 24.3 Å². The standard InChI is InChI=1S/C15H10BrN7O/c16-10-1-3-11(4-2-10)23-13(17)12(20-22-23)15-19-14(21-24-15)9-5-7-18-8-6-9/h1-8H,17H2. The van der Waals surface area contributed by atoms with Crippen LogP contribution in [0.1, 0.15) is 0 Å². The van der Waals surface area contributed by atoms with Crippen molar-refractivity contribution in [1.82, 2.24) is 30.1 Å². The highest BCUT2D eigenvalue weighted by Crippen LogP contribution is 2.26. The van der Waals surface area contributed by atoms with Crippen molar-refractivity contribution in [2.45, 2.75) is 0 Å². The monoisotopic (exact) mass is 383 g/mol. The number of nitrogens with two attached hydrogens (primary N) is 1. The van der Waals surface area contributed by atoms with Gasteiger partial charge in [0.1, 0.15) is 0 Å². The number of halogens is 1. The molecule has 24 heavy (non-hydrogen) atoms. The van der Waals surface area contributed by atoms with E-state index >= 15 is 0 Å². The molecule has 0 saturated carbocycles. The van der Waals surface area contributed by atoms with Gasteiger partial charge in [0.05, 0.1) is 5.69 Å². The molecule has 3 aromatic heterocycles. The number of hydrogen-bond donors (Lipinski definition) is 1. The van der Waals surface area contributed by atoms with Gasteiger partial charge in [0.25, 0.3) is 5.89 Å². The van der Waals surface area contributed by atoms with E-state index in [1.165, 1.54) is 4.68 Å². The number of hydrogen-bond acceptors (Lipinski definition) is 7. The third-order valence-corrected chi connectivity index (χ3v) is 3.87. The molecule has 0 amide bonds. The molecule has 0 bridgehead atoms. The van der Waals surface area contributed by atoms with Crippen LogP contribution in [-0.2, 0) is 0 Å². The summed E-state index contributed by atoms with van der Waals surface area (Å²) in [5.74, 6) is 0.968. The van der Waals surface area contributed by atoms with Crippen LogP contribution in [0, 0.1) is 0 Å². The van der Waals surface area contributed by atoms with Crippen molar-refractivity contribution in [1.29, 1.82) is 0 Å². The minimum Gasteiger partial charge on any atom is -0.382 e. The van der Waals surface area contributed by atoms with Gasteiger partial charge in [0.2, 0.25) is 5.82 Å². The summed E-state index contributed by atoms with van der Waals surface area (Å²) >= 11 is 3.39. The van der Waals surface area contributed by atoms with Crippen molar-refractivity contribution < 1.29 is 4.52 Å². The van der Waals surface area contributed by atoms with Gasteiger partial charge in [-0.15, -0.1) is 5.10 Å². The van der Waals surface area contributed by atoms with Crippen LogP contribution in [0.3, 0.4) is 0 Å². The lowest BCUT2D eigenvalue weighted by Crippen LogP contribution is -2.02. The number of anilines is 1. The Hall–Kier alpha value is -3.07. The molecule has 2 N–H and O–H groups in total. The maximum Gasteiger partial charge on any atom is 0.282 e. The minimum absolute atomic E-state index is 0.211. The largest absolute Gasteiger partial charge is 0.382 e. The Kier molecular flexibility index (Phi) is 3.54. The minimum atomic E-state index is 0.211. The Morgan fingerprint density at radius 2 is 1.79 bits per heavy atom. The summed E-state index contributed by atoms with van der Waals surface area (Å²) in [4.78, 5) is 8.28. The second-order valence-corrected chi connectivity index (χ2v) is 5.79. The van der Waals surface area contributed by atoms with Crippen LogP contribution in [0.25, 0.3) is 28.7 Å². The Labute approximate surface area is 144 Å². The molecule has 0 unspecified atom stereocenters. The van der Waals surface area contributed by atoms with Crippen molar-refractivity contribution in [3.8, 4) is 28.7 Å². The maximum absolute atomic E-state index is 6.14. The van der Waals surface area contributed by atoms with Gasteiger partial charge in [-0.3, -0.25) is 4.98 Å². The highest BCUT2D eigenvalue weighted by molar-refractivity contribution is 9.10. The summed E-state index contributed by atoms with van der Waals surface area (Å²) in [6.07, 6.45) is 3.31. The van der Waals surface area contributed by atoms with Gasteiger partial charge in [-0.2, -0.15) is 9.67 Å². The van der Waals surface area contributed by atoms with Gasteiger partial charge < -0.3 is 10.3 Å². The van der Waals surface area contributed by atoms with Crippen molar-refractivity contribution in [2.75, 3.05) is 5.73 Å². The molecule has 0 radical (unpaired) electrons. The van der Waals surface area contributed by atoms with Crippen LogP contribution in [-0.4, -0.2) is 30.1 Å². The highest BCUT2D eigenvalue weighted by atomic mass is 79.9. The number of nitrogens with zero attached hydrogens (tertiary/aromatic N) is 6. The van der Waals surface area contributed by atoms with Crippen LogP contribution in [0.4, 0.5) is 5.82 Å². The molecule has 8 nitrogen and oxygen atoms in total. The van der Waals surface area contributed by atoms with Crippen molar-refractivity contribution in [2.24, 2.45) is 0 Å². The van der Waals surface area contributed by atoms with E-state index < -0.39 is 0 Å². The van der Waals surface area contributed by atoms with E-state index in [0.717, 1.165) is 15.7 Å². The molecule has 1 aromatic carbocycles. The van der Waals surface area contributed by atoms with Gasteiger partial charge in [-0.05, 0) is 36.4 Å². The van der Waals surface area contributed by atoms with Crippen LogP contribution in [0.5, 0.6) is 0 Å². The number of aromatic nitrogens is 6. The van der Waals surface area contributed by atoms with Crippen molar-refractivity contribution in [3.05, 3.63) is 53.3 Å². The number of nitrogen functional groups attached to an aromatic ring is 1. The first kappa shape index (κ1) is 14.5. The van der Waals surface area contributed by atoms with E-state index in [-0.39, 0.29) is 5.89 Å². The number of benzene rings is 1. The first-order valence-corrected chi connectivity index (χ1v) is 7.73. The average Bonchev–Trinajstić information content (AvgIpc) is 3.23. The summed E-state index contributed by atoms with van der Waals surface area (Å²) in [6.45, 7) is 0. The number of rotatable bonds is 3. The SMILES string of the molecule is Nc1c(-c2nc(-c3ccncc3)no2)nnn1-c1ccc(Br)cc1. The van der Waals surface area contributed by atoms with Crippen LogP contribution < -0.4 is 5.73 Å². The zero-order valence-corrected chi connectivity index (χ0v) is 13.8. The molecular weight excluding hydrogens is 374 g/mol. The van der Waals surface area contributed by atoms with Gasteiger partial charge in [-0.25, -0.2) is 0 Å². The molecule has 0 aliphatic carbocycles. The smallest absolute Gasteiger partial charge is 0.282 e. The van der Waals surface area contributed by atoms with Crippen LogP contribution in [0.15, 0.2) is 57.8 Å². The second kappa shape index (κ2) is 5.85. The molecule has 9 heteroatoms. The van der Waals surface area contributed by atoms with Gasteiger partial charge in [0.15, 0.2) is 11.5 Å². The van der Waals surface area contributed by atoms with E-state index in [0.29, 0.717) is 17.3 Å². The lowest BCUT2D eigenvalue weighted by molar-refractivity contribution is 0.431. The summed E-state index contributed by atoms with van der Waals surface area (Å²) in [7, 11) is 0. The van der Waals surface area contributed by atoms with Gasteiger partial charge >= 0.3 is 0 Å². The summed E-state index contributed by atoms with van der Waals surface area (Å²) in [6, 6.07) is 11.1. The van der Waals surface area contributed by atoms with Crippen LogP contribution in [0.2, 0.25) is 0 Å². The Morgan fingerprint density at radius 1 is 1.04 bits per heavy atom. The fraction of sp³-hybridized carbons (Fsp3) is 0. The topological polar surface area (TPSA) is 109 Å². The normalized spacial score (nSPS) is 10.9. The summed E-state index contributed by atoms with van der Waals surface area (Å²) < 4.78 is 7.74. The molecule has 0 aliphatic heterocycles. The third-order valence-electron chi connectivity index (χ3n) is 3.34. The van der Waals surface area contributed by atoms with Gasteiger partial charge in [-0.1, -0.05) is 26.3 Å². The van der Waals surface area contributed by atoms with Crippen molar-refractivity contribution >= 4 is 21.7 Å². The second-order valence-electron chi connectivity index (χ2n) is 4.87. The van der Waals surface area contributed by atoms with Crippen molar-refractivity contribution in [3.63, 3.8) is 0 Å². The predicted octanol–water partition coefficient (Wildman–Crippen LogP) is 2.72. The molecule has 0 atom stereocenters. The molecule has 4 aromatic rings. The van der Waals surface area contributed by atoms with E-state index in [9.17, 15) is 0 Å². The Balaban J connectivity index is 1.71. The average molecular weight is 384 g/mol. The molecule has 0 saturated heterocycles. The van der Waals surface area contributed by atoms with E-state index in [4.69, 9.17) is 10.3 Å². The first-order chi connectivity index (χ1) is 11.7. The molecular formula is C15H10BrN7O. The highest BCUT2D eigenvalue weighted by Gasteiger charge is 2.19. The molecule has 0 fully saturated rings. The van der Waals surface area contributed by atoms with Gasteiger partial charge in [0, 0.05) is 22.4 Å². The maximum atomic E-state index is 6.14. The van der Waals surface area contributed by atoms with Crippen LogP contribution >= 0.6 is 15.9 Å². The number of pyridine rings is 1. The zero-order chi connectivity index (χ0) is 16.5. The lowest BCUT2D eigenvalue weighted by atomic mass is 10.2. The lowest BCUT2D eigenvalue weighted by Gasteiger charge is -2.02. The molecule has 118 valence electrons. The fourth-order valence-corrected chi connectivity index (χ4v) is 2.42. The quantitative estimate of drug-likeness (QED) is 0.579. The fourth-order valence-electron chi connectivity index (χ4n) is 2.15. The van der Waals surface area contributed by atoms with E-state index in [2.05, 4.69) is 41.4 Å². The summed E-state index contributed by atoms with van der Waals surface area (Å²) in [5, 5.41) is 12.1. The molecule has 0 aliphatic rings. The zero-order valence-electron chi connectivity index (χ0n) is 12.2. The summed E-state index contributed by atoms with van der Waals surface area (Å²) in [5.41, 5.74) is 8.05. The molecule has 4 rings (SSSR count).